The van der Waals surface area contributed by atoms with Crippen molar-refractivity contribution in [1.29, 1.82) is 0 Å². The molecule has 0 atom stereocenters. The number of nitrogens with one attached hydrogen (secondary N) is 1. The van der Waals surface area contributed by atoms with Crippen LogP contribution in [-0.2, 0) is 17.8 Å². The largest absolute Gasteiger partial charge is 0.444 e. The van der Waals surface area contributed by atoms with E-state index in [1.807, 2.05) is 49.6 Å². The Labute approximate surface area is 275 Å². The average molecular weight is 645 g/mol. The monoisotopic (exact) mass is 644 g/mol. The minimum Gasteiger partial charge on any atom is -0.444 e. The van der Waals surface area contributed by atoms with Gasteiger partial charge in [0.15, 0.2) is 0 Å². The predicted octanol–water partition coefficient (Wildman–Crippen LogP) is 3.21. The first kappa shape index (κ1) is 34.2. The van der Waals surface area contributed by atoms with E-state index >= 15 is 0 Å². The maximum Gasteiger partial charge on any atom is 0.407 e. The number of ether oxygens (including phenoxy) is 1. The molecule has 0 unspecified atom stereocenters. The van der Waals surface area contributed by atoms with E-state index in [9.17, 15) is 14.4 Å². The lowest BCUT2D eigenvalue weighted by Crippen LogP contribution is -2.46. The molecule has 2 saturated heterocycles. The number of alkyl carbamates (subject to hydrolysis) is 1. The van der Waals surface area contributed by atoms with Crippen molar-refractivity contribution in [2.75, 3.05) is 39.3 Å². The summed E-state index contributed by atoms with van der Waals surface area (Å²) in [6.45, 7) is 12.4. The maximum absolute atomic E-state index is 12.2. The number of nitrogens with two attached hydrogens (primary N) is 1. The van der Waals surface area contributed by atoms with Crippen molar-refractivity contribution >= 4 is 28.2 Å². The van der Waals surface area contributed by atoms with Crippen LogP contribution in [0.15, 0.2) is 70.5 Å². The van der Waals surface area contributed by atoms with E-state index in [1.54, 1.807) is 41.2 Å². The number of rotatable bonds is 7. The number of likely N-dealkylation sites (tertiary alicyclic amines) is 2. The number of pyridine rings is 4. The van der Waals surface area contributed by atoms with Crippen LogP contribution in [0.4, 0.5) is 4.79 Å². The lowest BCUT2D eigenvalue weighted by atomic mass is 10.1. The molecule has 0 radical (unpaired) electrons. The van der Waals surface area contributed by atoms with E-state index in [0.717, 1.165) is 87.0 Å². The molecule has 6 rings (SSSR count). The van der Waals surface area contributed by atoms with Crippen molar-refractivity contribution in [3.63, 3.8) is 0 Å². The molecular formula is C35H48N8O4. The molecule has 12 heteroatoms. The van der Waals surface area contributed by atoms with Crippen molar-refractivity contribution in [2.24, 2.45) is 5.73 Å². The maximum atomic E-state index is 12.2. The van der Waals surface area contributed by atoms with Gasteiger partial charge in [0.05, 0.1) is 22.1 Å². The number of hydrogen-bond acceptors (Lipinski definition) is 9. The van der Waals surface area contributed by atoms with Gasteiger partial charge in [0.25, 0.3) is 11.1 Å². The molecular weight excluding hydrogens is 596 g/mol. The van der Waals surface area contributed by atoms with Gasteiger partial charge in [0.1, 0.15) is 5.60 Å². The van der Waals surface area contributed by atoms with Gasteiger partial charge in [0, 0.05) is 75.9 Å². The molecule has 2 aliphatic heterocycles. The molecule has 0 aliphatic carbocycles. The Morgan fingerprint density at radius 1 is 0.766 bits per heavy atom. The Morgan fingerprint density at radius 2 is 1.23 bits per heavy atom. The second kappa shape index (κ2) is 15.6. The van der Waals surface area contributed by atoms with Gasteiger partial charge in [-0.1, -0.05) is 0 Å². The molecule has 2 aliphatic rings. The van der Waals surface area contributed by atoms with Gasteiger partial charge in [-0.2, -0.15) is 0 Å². The Bertz CT molecular complexity index is 1750. The smallest absolute Gasteiger partial charge is 0.407 e. The van der Waals surface area contributed by atoms with Crippen LogP contribution in [0.25, 0.3) is 22.1 Å². The summed E-state index contributed by atoms with van der Waals surface area (Å²) < 4.78 is 8.92. The summed E-state index contributed by atoms with van der Waals surface area (Å²) in [4.78, 5) is 49.5. The minimum absolute atomic E-state index is 0.00280. The summed E-state index contributed by atoms with van der Waals surface area (Å²) in [6, 6.07) is 14.8. The van der Waals surface area contributed by atoms with Crippen molar-refractivity contribution in [3.05, 3.63) is 81.6 Å². The lowest BCUT2D eigenvalue weighted by Gasteiger charge is -2.33. The quantitative estimate of drug-likeness (QED) is 0.310. The van der Waals surface area contributed by atoms with E-state index in [-0.39, 0.29) is 23.3 Å². The highest BCUT2D eigenvalue weighted by molar-refractivity contribution is 5.74. The van der Waals surface area contributed by atoms with Gasteiger partial charge in [-0.05, 0) is 95.9 Å². The summed E-state index contributed by atoms with van der Waals surface area (Å²) in [5.74, 6) is 0. The lowest BCUT2D eigenvalue weighted by molar-refractivity contribution is 0.0478. The third-order valence-electron chi connectivity index (χ3n) is 8.73. The highest BCUT2D eigenvalue weighted by Crippen LogP contribution is 2.14. The number of piperidine rings is 2. The zero-order valence-electron chi connectivity index (χ0n) is 27.8. The van der Waals surface area contributed by atoms with Crippen LogP contribution in [0.5, 0.6) is 0 Å². The van der Waals surface area contributed by atoms with Gasteiger partial charge in [-0.15, -0.1) is 0 Å². The molecule has 0 spiro atoms. The van der Waals surface area contributed by atoms with E-state index in [2.05, 4.69) is 25.1 Å². The van der Waals surface area contributed by atoms with Crippen LogP contribution in [0.1, 0.15) is 46.5 Å². The van der Waals surface area contributed by atoms with Crippen molar-refractivity contribution < 1.29 is 9.53 Å². The molecule has 4 aromatic heterocycles. The molecule has 47 heavy (non-hydrogen) atoms. The third kappa shape index (κ3) is 9.69. The molecule has 0 bridgehead atoms. The van der Waals surface area contributed by atoms with E-state index < -0.39 is 5.60 Å². The summed E-state index contributed by atoms with van der Waals surface area (Å²) in [6.07, 6.45) is 6.99. The molecule has 6 heterocycles. The Morgan fingerprint density at radius 3 is 1.70 bits per heavy atom. The van der Waals surface area contributed by atoms with Crippen LogP contribution in [0.2, 0.25) is 0 Å². The molecule has 1 amide bonds. The minimum atomic E-state index is -0.481. The Hall–Kier alpha value is -4.13. The number of fused-ring (bicyclic) bond motifs is 2. The van der Waals surface area contributed by atoms with Gasteiger partial charge < -0.3 is 34.7 Å². The fourth-order valence-electron chi connectivity index (χ4n) is 6.15. The van der Waals surface area contributed by atoms with Crippen LogP contribution in [0.3, 0.4) is 0 Å². The fraction of sp³-hybridized carbons (Fsp3) is 0.514. The number of carbonyl (C=O) groups excluding carboxylic acids is 1. The van der Waals surface area contributed by atoms with Crippen molar-refractivity contribution in [2.45, 2.75) is 77.2 Å². The van der Waals surface area contributed by atoms with E-state index in [1.165, 1.54) is 0 Å². The molecule has 0 aromatic carbocycles. The van der Waals surface area contributed by atoms with Gasteiger partial charge >= 0.3 is 6.09 Å². The summed E-state index contributed by atoms with van der Waals surface area (Å²) in [5.41, 5.74) is 8.95. The van der Waals surface area contributed by atoms with E-state index in [4.69, 9.17) is 10.5 Å². The first-order valence-corrected chi connectivity index (χ1v) is 16.6. The zero-order valence-corrected chi connectivity index (χ0v) is 27.8. The average Bonchev–Trinajstić information content (AvgIpc) is 3.05. The normalized spacial score (nSPS) is 16.9. The number of nitrogens with zero attached hydrogens (tertiary/aromatic N) is 6. The number of aromatic nitrogens is 4. The van der Waals surface area contributed by atoms with Crippen LogP contribution >= 0.6 is 0 Å². The number of amides is 1. The molecule has 4 aromatic rings. The van der Waals surface area contributed by atoms with Crippen molar-refractivity contribution in [3.8, 4) is 0 Å². The van der Waals surface area contributed by atoms with Gasteiger partial charge in [-0.3, -0.25) is 19.6 Å². The summed E-state index contributed by atoms with van der Waals surface area (Å²) in [7, 11) is 0. The fourth-order valence-corrected chi connectivity index (χ4v) is 6.15. The summed E-state index contributed by atoms with van der Waals surface area (Å²) in [5, 5.41) is 2.95. The molecule has 0 saturated carbocycles. The third-order valence-corrected chi connectivity index (χ3v) is 8.73. The highest BCUT2D eigenvalue weighted by Gasteiger charge is 2.23. The van der Waals surface area contributed by atoms with Gasteiger partial charge in [0.2, 0.25) is 0 Å². The highest BCUT2D eigenvalue weighted by atomic mass is 16.6. The van der Waals surface area contributed by atoms with E-state index in [0.29, 0.717) is 19.1 Å². The molecule has 12 nitrogen and oxygen atoms in total. The van der Waals surface area contributed by atoms with Crippen LogP contribution in [-0.4, -0.2) is 91.9 Å². The second-order valence-corrected chi connectivity index (χ2v) is 13.4. The molecule has 2 fully saturated rings. The van der Waals surface area contributed by atoms with Gasteiger partial charge in [-0.25, -0.2) is 4.79 Å². The summed E-state index contributed by atoms with van der Waals surface area (Å²) >= 11 is 0. The topological polar surface area (TPSA) is 141 Å². The standard InChI is InChI=1S/C20H28N4O3.C15H20N4O/c1-20(2,3)27-19(26)22-15-8-11-23(12-9-15)13-14-24-17-5-4-10-21-16(17)6-7-18(24)25;16-12-5-8-18(9-6-12)10-11-19-14-2-1-7-17-13(14)3-4-15(19)20/h4-7,10,15H,8-9,11-14H2,1-3H3,(H,22,26);1-4,7,12H,5-6,8-11,16H2. The second-order valence-electron chi connectivity index (χ2n) is 13.4. The van der Waals surface area contributed by atoms with Crippen LogP contribution in [0, 0.1) is 0 Å². The first-order valence-electron chi connectivity index (χ1n) is 16.6. The number of carbonyl (C=O) groups is 1. The SMILES string of the molecule is CC(C)(C)OC(=O)NC1CCN(CCn2c(=O)ccc3ncccc32)CC1.NC1CCN(CCn2c(=O)ccc3ncccc32)CC1. The molecule has 3 N–H and O–H groups in total. The number of hydrogen-bond donors (Lipinski definition) is 2. The van der Waals surface area contributed by atoms with Crippen molar-refractivity contribution in [1.82, 2.24) is 34.2 Å². The van der Waals surface area contributed by atoms with Crippen LogP contribution < -0.4 is 22.2 Å². The first-order chi connectivity index (χ1) is 22.6. The Balaban J connectivity index is 0.000000193. The molecule has 252 valence electrons. The predicted molar refractivity (Wildman–Crippen MR) is 184 cm³/mol. The Kier molecular flexibility index (Phi) is 11.4. The zero-order chi connectivity index (χ0) is 33.4.